The molecule has 0 radical (unpaired) electrons. The van der Waals surface area contributed by atoms with Crippen molar-refractivity contribution in [3.05, 3.63) is 58.8 Å². The van der Waals surface area contributed by atoms with Crippen molar-refractivity contribution in [3.63, 3.8) is 0 Å². The summed E-state index contributed by atoms with van der Waals surface area (Å²) < 4.78 is 7.56. The third-order valence-corrected chi connectivity index (χ3v) is 5.70. The molecule has 0 N–H and O–H groups in total. The summed E-state index contributed by atoms with van der Waals surface area (Å²) in [5.41, 5.74) is 1.71. The second kappa shape index (κ2) is 7.03. The fourth-order valence-electron chi connectivity index (χ4n) is 2.33. The van der Waals surface area contributed by atoms with E-state index in [-0.39, 0.29) is 0 Å². The minimum Gasteiger partial charge on any atom is -0.444 e. The van der Waals surface area contributed by atoms with Gasteiger partial charge in [-0.2, -0.15) is 0 Å². The summed E-state index contributed by atoms with van der Waals surface area (Å²) in [7, 11) is 1.97. The lowest BCUT2D eigenvalue weighted by Gasteiger charge is -2.00. The number of thioether (sulfide) groups is 1. The van der Waals surface area contributed by atoms with E-state index in [0.717, 1.165) is 27.1 Å². The summed E-state index contributed by atoms with van der Waals surface area (Å²) in [4.78, 5) is 5.62. The Labute approximate surface area is 157 Å². The number of rotatable bonds is 5. The molecule has 0 fully saturated rings. The first kappa shape index (κ1) is 16.4. The van der Waals surface area contributed by atoms with Crippen molar-refractivity contribution in [3.8, 4) is 22.2 Å². The van der Waals surface area contributed by atoms with Crippen molar-refractivity contribution in [2.45, 2.75) is 10.9 Å². The van der Waals surface area contributed by atoms with Crippen molar-refractivity contribution < 1.29 is 4.42 Å². The Bertz CT molecular complexity index is 994. The van der Waals surface area contributed by atoms with Crippen LogP contribution in [0.5, 0.6) is 0 Å². The number of nitrogens with zero attached hydrogens (tertiary/aromatic N) is 4. The number of oxazole rings is 1. The van der Waals surface area contributed by atoms with Crippen molar-refractivity contribution in [2.75, 3.05) is 0 Å². The molecule has 8 heteroatoms. The first-order valence-corrected chi connectivity index (χ1v) is 9.71. The molecule has 0 unspecified atom stereocenters. The highest BCUT2D eigenvalue weighted by atomic mass is 35.5. The van der Waals surface area contributed by atoms with Gasteiger partial charge in [0.25, 0.3) is 0 Å². The number of aromatic nitrogens is 4. The molecule has 25 heavy (non-hydrogen) atoms. The number of benzene rings is 1. The summed E-state index contributed by atoms with van der Waals surface area (Å²) in [6.45, 7) is 0. The highest BCUT2D eigenvalue weighted by Crippen LogP contribution is 2.28. The van der Waals surface area contributed by atoms with E-state index in [9.17, 15) is 0 Å². The van der Waals surface area contributed by atoms with Gasteiger partial charge in [0.1, 0.15) is 6.26 Å². The van der Waals surface area contributed by atoms with Crippen LogP contribution in [-0.4, -0.2) is 19.7 Å². The minimum atomic E-state index is 0.565. The molecular formula is C17H13ClN4OS2. The monoisotopic (exact) mass is 388 g/mol. The predicted octanol–water partition coefficient (Wildman–Crippen LogP) is 5.14. The smallest absolute Gasteiger partial charge is 0.226 e. The molecule has 0 bridgehead atoms. The van der Waals surface area contributed by atoms with Crippen LogP contribution in [0.1, 0.15) is 5.69 Å². The van der Waals surface area contributed by atoms with Gasteiger partial charge in [0.15, 0.2) is 11.0 Å². The highest BCUT2D eigenvalue weighted by molar-refractivity contribution is 7.98. The van der Waals surface area contributed by atoms with Crippen LogP contribution in [0, 0.1) is 0 Å². The average molecular weight is 389 g/mol. The number of hydrogen-bond donors (Lipinski definition) is 0. The van der Waals surface area contributed by atoms with Crippen LogP contribution >= 0.6 is 34.7 Å². The van der Waals surface area contributed by atoms with Gasteiger partial charge in [-0.15, -0.1) is 21.5 Å². The maximum absolute atomic E-state index is 6.01. The molecule has 3 aromatic heterocycles. The second-order valence-corrected chi connectivity index (χ2v) is 7.61. The van der Waals surface area contributed by atoms with Crippen LogP contribution in [-0.2, 0) is 12.8 Å². The molecule has 0 saturated carbocycles. The van der Waals surface area contributed by atoms with E-state index in [1.54, 1.807) is 29.4 Å². The summed E-state index contributed by atoms with van der Waals surface area (Å²) in [5, 5.41) is 12.1. The lowest BCUT2D eigenvalue weighted by Crippen LogP contribution is -1.94. The molecule has 0 spiro atoms. The first-order chi connectivity index (χ1) is 12.2. The van der Waals surface area contributed by atoms with Crippen molar-refractivity contribution >= 4 is 34.7 Å². The van der Waals surface area contributed by atoms with E-state index in [0.29, 0.717) is 16.7 Å². The Morgan fingerprint density at radius 3 is 2.96 bits per heavy atom. The molecule has 0 amide bonds. The van der Waals surface area contributed by atoms with Crippen LogP contribution in [0.15, 0.2) is 57.6 Å². The van der Waals surface area contributed by atoms with Gasteiger partial charge in [-0.1, -0.05) is 35.5 Å². The Morgan fingerprint density at radius 2 is 2.16 bits per heavy atom. The van der Waals surface area contributed by atoms with Crippen LogP contribution in [0.2, 0.25) is 5.02 Å². The zero-order valence-electron chi connectivity index (χ0n) is 13.2. The number of thiophene rings is 1. The van der Waals surface area contributed by atoms with Crippen molar-refractivity contribution in [1.82, 2.24) is 19.7 Å². The largest absolute Gasteiger partial charge is 0.444 e. The van der Waals surface area contributed by atoms with Gasteiger partial charge in [0.2, 0.25) is 5.89 Å². The highest BCUT2D eigenvalue weighted by Gasteiger charge is 2.13. The Balaban J connectivity index is 1.48. The summed E-state index contributed by atoms with van der Waals surface area (Å²) in [6, 6.07) is 11.5. The predicted molar refractivity (Wildman–Crippen MR) is 101 cm³/mol. The van der Waals surface area contributed by atoms with E-state index in [4.69, 9.17) is 16.0 Å². The van der Waals surface area contributed by atoms with Gasteiger partial charge in [0.05, 0.1) is 10.6 Å². The van der Waals surface area contributed by atoms with Gasteiger partial charge < -0.3 is 8.98 Å². The minimum absolute atomic E-state index is 0.565. The zero-order chi connectivity index (χ0) is 17.2. The second-order valence-electron chi connectivity index (χ2n) is 5.29. The molecule has 0 aliphatic carbocycles. The van der Waals surface area contributed by atoms with Crippen molar-refractivity contribution in [2.24, 2.45) is 7.05 Å². The zero-order valence-corrected chi connectivity index (χ0v) is 15.6. The molecule has 0 saturated heterocycles. The molecule has 4 aromatic rings. The van der Waals surface area contributed by atoms with Gasteiger partial charge in [0, 0.05) is 23.4 Å². The van der Waals surface area contributed by atoms with Gasteiger partial charge >= 0.3 is 0 Å². The summed E-state index contributed by atoms with van der Waals surface area (Å²) in [5.74, 6) is 2.09. The fourth-order valence-corrected chi connectivity index (χ4v) is 4.05. The molecule has 0 atom stereocenters. The average Bonchev–Trinajstić information content (AvgIpc) is 3.34. The lowest BCUT2D eigenvalue weighted by molar-refractivity contribution is 0.573. The molecule has 0 aliphatic rings. The number of halogens is 1. The van der Waals surface area contributed by atoms with Crippen LogP contribution < -0.4 is 0 Å². The van der Waals surface area contributed by atoms with Crippen molar-refractivity contribution in [1.29, 1.82) is 0 Å². The maximum atomic E-state index is 6.01. The third-order valence-electron chi connectivity index (χ3n) is 3.55. The van der Waals surface area contributed by atoms with E-state index >= 15 is 0 Å². The lowest BCUT2D eigenvalue weighted by atomic mass is 10.2. The molecule has 5 nitrogen and oxygen atoms in total. The Hall–Kier alpha value is -2.09. The molecule has 126 valence electrons. The normalized spacial score (nSPS) is 11.1. The van der Waals surface area contributed by atoms with E-state index < -0.39 is 0 Å². The standard InChI is InChI=1S/C17H13ClN4OS2/c1-22-15(14-6-3-7-24-14)20-21-17(22)25-10-13-9-23-16(19-13)11-4-2-5-12(18)8-11/h2-9H,10H2,1H3. The molecule has 4 rings (SSSR count). The Kier molecular flexibility index (Phi) is 4.61. The fraction of sp³-hybridized carbons (Fsp3) is 0.118. The molecular weight excluding hydrogens is 376 g/mol. The van der Waals surface area contributed by atoms with E-state index in [1.165, 1.54) is 0 Å². The SMILES string of the molecule is Cn1c(SCc2coc(-c3cccc(Cl)c3)n2)nnc1-c1cccs1. The van der Waals surface area contributed by atoms with Gasteiger partial charge in [-0.3, -0.25) is 0 Å². The first-order valence-electron chi connectivity index (χ1n) is 7.47. The van der Waals surface area contributed by atoms with Gasteiger partial charge in [-0.25, -0.2) is 4.98 Å². The van der Waals surface area contributed by atoms with Crippen LogP contribution in [0.25, 0.3) is 22.2 Å². The topological polar surface area (TPSA) is 56.7 Å². The summed E-state index contributed by atoms with van der Waals surface area (Å²) in [6.07, 6.45) is 1.67. The van der Waals surface area contributed by atoms with E-state index in [2.05, 4.69) is 15.2 Å². The summed E-state index contributed by atoms with van der Waals surface area (Å²) >= 11 is 9.24. The third kappa shape index (κ3) is 3.49. The molecule has 1 aromatic carbocycles. The Morgan fingerprint density at radius 1 is 1.24 bits per heavy atom. The van der Waals surface area contributed by atoms with Crippen LogP contribution in [0.3, 0.4) is 0 Å². The molecule has 0 aliphatic heterocycles. The van der Waals surface area contributed by atoms with E-state index in [1.807, 2.05) is 53.4 Å². The number of hydrogen-bond acceptors (Lipinski definition) is 6. The maximum Gasteiger partial charge on any atom is 0.226 e. The quantitative estimate of drug-likeness (QED) is 0.443. The molecule has 3 heterocycles. The van der Waals surface area contributed by atoms with Gasteiger partial charge in [-0.05, 0) is 29.6 Å². The van der Waals surface area contributed by atoms with Crippen LogP contribution in [0.4, 0.5) is 0 Å².